The van der Waals surface area contributed by atoms with Gasteiger partial charge in [0.05, 0.1) is 18.8 Å². The number of oxazole rings is 1. The largest absolute Gasteiger partial charge is 0.493 e. The van der Waals surface area contributed by atoms with Gasteiger partial charge in [-0.05, 0) is 76.8 Å². The second-order valence-corrected chi connectivity index (χ2v) is 9.99. The highest BCUT2D eigenvalue weighted by Gasteiger charge is 2.21. The summed E-state index contributed by atoms with van der Waals surface area (Å²) in [5, 5.41) is 10.8. The van der Waals surface area contributed by atoms with E-state index in [0.29, 0.717) is 44.1 Å². The molecule has 1 amide bonds. The van der Waals surface area contributed by atoms with Crippen LogP contribution in [0.2, 0.25) is 5.02 Å². The van der Waals surface area contributed by atoms with Crippen molar-refractivity contribution < 1.29 is 28.6 Å². The molecule has 0 bridgehead atoms. The van der Waals surface area contributed by atoms with E-state index in [9.17, 15) is 10.0 Å². The van der Waals surface area contributed by atoms with E-state index in [1.54, 1.807) is 40.0 Å². The quantitative estimate of drug-likeness (QED) is 0.238. The second kappa shape index (κ2) is 10.7. The van der Waals surface area contributed by atoms with Crippen molar-refractivity contribution in [2.45, 2.75) is 58.2 Å². The Morgan fingerprint density at radius 3 is 2.67 bits per heavy atom. The van der Waals surface area contributed by atoms with Crippen molar-refractivity contribution in [3.05, 3.63) is 40.9 Å². The SMILES string of the molecule is COc1ccc(-c2nc3cc(Cl)cc(C#CCN(O)C(=O)OC(C)(C)C)c3o2)cc1OC1CCCC1. The van der Waals surface area contributed by atoms with Crippen LogP contribution >= 0.6 is 11.6 Å². The molecule has 1 aromatic heterocycles. The van der Waals surface area contributed by atoms with E-state index in [0.717, 1.165) is 31.2 Å². The van der Waals surface area contributed by atoms with Crippen LogP contribution in [0.4, 0.5) is 4.79 Å². The standard InChI is InChI=1S/C27H29ClN2O6/c1-27(2,3)36-26(31)30(32)13-7-8-17-14-19(28)16-21-24(17)35-25(29-21)18-11-12-22(33-4)23(15-18)34-20-9-5-6-10-20/h11-12,14-16,20,32H,5-6,9-10,13H2,1-4H3. The van der Waals surface area contributed by atoms with E-state index < -0.39 is 11.7 Å². The van der Waals surface area contributed by atoms with Crippen LogP contribution in [-0.2, 0) is 4.74 Å². The topological polar surface area (TPSA) is 94.3 Å². The highest BCUT2D eigenvalue weighted by molar-refractivity contribution is 6.31. The number of carbonyl (C=O) groups is 1. The zero-order chi connectivity index (χ0) is 25.9. The summed E-state index contributed by atoms with van der Waals surface area (Å²) in [4.78, 5) is 16.5. The minimum Gasteiger partial charge on any atom is -0.493 e. The van der Waals surface area contributed by atoms with Gasteiger partial charge in [0, 0.05) is 10.6 Å². The molecule has 8 nitrogen and oxygen atoms in total. The summed E-state index contributed by atoms with van der Waals surface area (Å²) >= 11 is 6.28. The van der Waals surface area contributed by atoms with Gasteiger partial charge in [0.2, 0.25) is 5.89 Å². The van der Waals surface area contributed by atoms with Crippen LogP contribution in [-0.4, -0.2) is 46.7 Å². The van der Waals surface area contributed by atoms with Gasteiger partial charge in [-0.3, -0.25) is 5.21 Å². The predicted molar refractivity (Wildman–Crippen MR) is 135 cm³/mol. The molecule has 0 aliphatic heterocycles. The van der Waals surface area contributed by atoms with E-state index in [1.807, 2.05) is 18.2 Å². The van der Waals surface area contributed by atoms with Crippen molar-refractivity contribution >= 4 is 28.8 Å². The number of nitrogens with zero attached hydrogens (tertiary/aromatic N) is 2. The van der Waals surface area contributed by atoms with Gasteiger partial charge in [0.25, 0.3) is 0 Å². The molecule has 4 rings (SSSR count). The summed E-state index contributed by atoms with van der Waals surface area (Å²) in [5.41, 5.74) is 1.44. The first-order chi connectivity index (χ1) is 17.1. The van der Waals surface area contributed by atoms with Gasteiger partial charge >= 0.3 is 6.09 Å². The van der Waals surface area contributed by atoms with Crippen LogP contribution in [0.15, 0.2) is 34.7 Å². The maximum atomic E-state index is 11.9. The summed E-state index contributed by atoms with van der Waals surface area (Å²) in [6.45, 7) is 4.87. The summed E-state index contributed by atoms with van der Waals surface area (Å²) in [6, 6.07) is 8.87. The van der Waals surface area contributed by atoms with Gasteiger partial charge in [-0.15, -0.1) is 0 Å². The van der Waals surface area contributed by atoms with E-state index in [2.05, 4.69) is 16.8 Å². The number of methoxy groups -OCH3 is 1. The molecule has 190 valence electrons. The number of hydrogen-bond acceptors (Lipinski definition) is 7. The molecule has 1 aliphatic rings. The maximum Gasteiger partial charge on any atom is 0.435 e. The zero-order valence-corrected chi connectivity index (χ0v) is 21.5. The molecule has 0 atom stereocenters. The van der Waals surface area contributed by atoms with Crippen LogP contribution in [0.3, 0.4) is 0 Å². The lowest BCUT2D eigenvalue weighted by atomic mass is 10.2. The van der Waals surface area contributed by atoms with Gasteiger partial charge in [0.1, 0.15) is 17.7 Å². The number of carbonyl (C=O) groups excluding carboxylic acids is 1. The molecule has 36 heavy (non-hydrogen) atoms. The van der Waals surface area contributed by atoms with E-state index in [1.165, 1.54) is 0 Å². The fourth-order valence-electron chi connectivity index (χ4n) is 3.89. The molecular weight excluding hydrogens is 484 g/mol. The fourth-order valence-corrected chi connectivity index (χ4v) is 4.10. The number of hydrogen-bond donors (Lipinski definition) is 1. The van der Waals surface area contributed by atoms with Crippen molar-refractivity contribution in [3.63, 3.8) is 0 Å². The average Bonchev–Trinajstić information content (AvgIpc) is 3.47. The van der Waals surface area contributed by atoms with Crippen LogP contribution in [0.25, 0.3) is 22.6 Å². The van der Waals surface area contributed by atoms with Crippen LogP contribution in [0.1, 0.15) is 52.0 Å². The Balaban J connectivity index is 1.60. The van der Waals surface area contributed by atoms with E-state index in [4.69, 9.17) is 30.2 Å². The fraction of sp³-hybridized carbons (Fsp3) is 0.407. The maximum absolute atomic E-state index is 11.9. The first-order valence-corrected chi connectivity index (χ1v) is 12.1. The Morgan fingerprint density at radius 2 is 1.97 bits per heavy atom. The molecule has 2 aromatic carbocycles. The molecule has 1 aliphatic carbocycles. The number of rotatable bonds is 5. The Kier molecular flexibility index (Phi) is 7.62. The van der Waals surface area contributed by atoms with Gasteiger partial charge in [-0.1, -0.05) is 23.4 Å². The Bertz CT molecular complexity index is 1310. The third-order valence-corrected chi connectivity index (χ3v) is 5.74. The molecule has 0 unspecified atom stereocenters. The van der Waals surface area contributed by atoms with Crippen LogP contribution in [0.5, 0.6) is 11.5 Å². The third kappa shape index (κ3) is 6.23. The van der Waals surface area contributed by atoms with Gasteiger partial charge in [-0.2, -0.15) is 5.06 Å². The minimum atomic E-state index is -0.884. The molecular formula is C27H29ClN2O6. The van der Waals surface area contributed by atoms with Crippen LogP contribution in [0, 0.1) is 11.8 Å². The molecule has 0 saturated heterocycles. The van der Waals surface area contributed by atoms with Gasteiger partial charge in [-0.25, -0.2) is 9.78 Å². The van der Waals surface area contributed by atoms with Crippen molar-refractivity contribution in [2.24, 2.45) is 0 Å². The molecule has 0 radical (unpaired) electrons. The Labute approximate surface area is 215 Å². The van der Waals surface area contributed by atoms with E-state index in [-0.39, 0.29) is 12.6 Å². The number of aromatic nitrogens is 1. The van der Waals surface area contributed by atoms with Crippen LogP contribution < -0.4 is 9.47 Å². The highest BCUT2D eigenvalue weighted by atomic mass is 35.5. The molecule has 1 N–H and O–H groups in total. The Hall–Kier alpha value is -3.41. The third-order valence-electron chi connectivity index (χ3n) is 5.52. The van der Waals surface area contributed by atoms with Gasteiger partial charge < -0.3 is 18.6 Å². The zero-order valence-electron chi connectivity index (χ0n) is 20.8. The second-order valence-electron chi connectivity index (χ2n) is 9.55. The smallest absolute Gasteiger partial charge is 0.435 e. The first kappa shape index (κ1) is 25.7. The lowest BCUT2D eigenvalue weighted by Gasteiger charge is -2.22. The van der Waals surface area contributed by atoms with Crippen molar-refractivity contribution in [2.75, 3.05) is 13.7 Å². The summed E-state index contributed by atoms with van der Waals surface area (Å²) in [7, 11) is 1.61. The number of hydroxylamine groups is 2. The molecule has 9 heteroatoms. The van der Waals surface area contributed by atoms with Gasteiger partial charge in [0.15, 0.2) is 17.1 Å². The molecule has 1 saturated carbocycles. The summed E-state index contributed by atoms with van der Waals surface area (Å²) < 4.78 is 22.9. The van der Waals surface area contributed by atoms with E-state index >= 15 is 0 Å². The molecule has 3 aromatic rings. The molecule has 0 spiro atoms. The lowest BCUT2D eigenvalue weighted by Crippen LogP contribution is -2.34. The Morgan fingerprint density at radius 1 is 1.22 bits per heavy atom. The van der Waals surface area contributed by atoms with Crippen molar-refractivity contribution in [3.8, 4) is 34.8 Å². The normalized spacial score (nSPS) is 13.8. The highest BCUT2D eigenvalue weighted by Crippen LogP contribution is 2.36. The minimum absolute atomic E-state index is 0.172. The number of ether oxygens (including phenoxy) is 3. The summed E-state index contributed by atoms with van der Waals surface area (Å²) in [5.74, 6) is 7.32. The van der Waals surface area contributed by atoms with Crippen molar-refractivity contribution in [1.29, 1.82) is 0 Å². The number of amides is 1. The monoisotopic (exact) mass is 512 g/mol. The lowest BCUT2D eigenvalue weighted by molar-refractivity contribution is -0.0853. The molecule has 1 fully saturated rings. The number of benzene rings is 2. The molecule has 1 heterocycles. The number of fused-ring (bicyclic) bond motifs is 1. The summed E-state index contributed by atoms with van der Waals surface area (Å²) in [6.07, 6.45) is 3.66. The average molecular weight is 513 g/mol. The predicted octanol–water partition coefficient (Wildman–Crippen LogP) is 6.46. The van der Waals surface area contributed by atoms with Crippen molar-refractivity contribution in [1.82, 2.24) is 10.0 Å². The first-order valence-electron chi connectivity index (χ1n) is 11.8. The number of halogens is 1.